The van der Waals surface area contributed by atoms with Crippen molar-refractivity contribution in [2.45, 2.75) is 44.6 Å². The number of amides is 2. The average Bonchev–Trinajstić information content (AvgIpc) is 3.18. The van der Waals surface area contributed by atoms with Gasteiger partial charge in [-0.3, -0.25) is 9.59 Å². The molecule has 0 atom stereocenters. The molecule has 2 amide bonds. The van der Waals surface area contributed by atoms with Crippen molar-refractivity contribution in [3.8, 4) is 11.3 Å². The fraction of sp³-hybridized carbons (Fsp3) is 0.407. The molecule has 4 rings (SSSR count). The molecule has 0 radical (unpaired) electrons. The third-order valence-corrected chi connectivity index (χ3v) is 8.12. The Kier molecular flexibility index (Phi) is 7.80. The van der Waals surface area contributed by atoms with E-state index in [1.54, 1.807) is 31.1 Å². The first kappa shape index (κ1) is 25.9. The number of carbonyl (C=O) groups excluding carboxylic acids is 2. The number of likely N-dealkylation sites (N-methyl/N-ethyl adjacent to an activating group) is 1. The van der Waals surface area contributed by atoms with Gasteiger partial charge in [0.25, 0.3) is 5.91 Å². The van der Waals surface area contributed by atoms with E-state index in [0.29, 0.717) is 5.92 Å². The van der Waals surface area contributed by atoms with Crippen molar-refractivity contribution < 1.29 is 18.0 Å². The van der Waals surface area contributed by atoms with Gasteiger partial charge in [0.05, 0.1) is 17.0 Å². The lowest BCUT2D eigenvalue weighted by Gasteiger charge is -2.24. The lowest BCUT2D eigenvalue weighted by molar-refractivity contribution is -0.129. The molecule has 0 saturated heterocycles. The number of carbonyl (C=O) groups is 2. The maximum atomic E-state index is 12.9. The Balaban J connectivity index is 1.93. The molecule has 1 aromatic heterocycles. The molecule has 0 unspecified atom stereocenters. The predicted octanol–water partition coefficient (Wildman–Crippen LogP) is 3.46. The zero-order valence-corrected chi connectivity index (χ0v) is 21.7. The van der Waals surface area contributed by atoms with E-state index in [0.717, 1.165) is 47.8 Å². The molecule has 36 heavy (non-hydrogen) atoms. The Hall–Kier alpha value is -3.17. The van der Waals surface area contributed by atoms with E-state index in [-0.39, 0.29) is 30.3 Å². The molecule has 3 aromatic rings. The van der Waals surface area contributed by atoms with E-state index in [4.69, 9.17) is 5.73 Å². The number of aromatic nitrogens is 1. The molecule has 1 aliphatic carbocycles. The zero-order valence-electron chi connectivity index (χ0n) is 20.9. The zero-order chi connectivity index (χ0) is 25.9. The first-order valence-corrected chi connectivity index (χ1v) is 14.0. The maximum Gasteiger partial charge on any atom is 0.264 e. The van der Waals surface area contributed by atoms with Crippen LogP contribution < -0.4 is 10.5 Å². The topological polar surface area (TPSA) is 114 Å². The predicted molar refractivity (Wildman–Crippen MR) is 142 cm³/mol. The largest absolute Gasteiger partial charge is 0.347 e. The van der Waals surface area contributed by atoms with Gasteiger partial charge < -0.3 is 15.2 Å². The number of benzene rings is 2. The summed E-state index contributed by atoms with van der Waals surface area (Å²) < 4.78 is 28.4. The van der Waals surface area contributed by atoms with Crippen LogP contribution in [0.3, 0.4) is 0 Å². The van der Waals surface area contributed by atoms with Crippen molar-refractivity contribution in [3.05, 3.63) is 59.7 Å². The second kappa shape index (κ2) is 10.8. The summed E-state index contributed by atoms with van der Waals surface area (Å²) in [6, 6.07) is 15.3. The van der Waals surface area contributed by atoms with Gasteiger partial charge in [0.2, 0.25) is 15.9 Å². The number of rotatable bonds is 8. The number of nitrogens with zero attached hydrogens (tertiary/aromatic N) is 2. The third-order valence-electron chi connectivity index (χ3n) is 6.85. The summed E-state index contributed by atoms with van der Waals surface area (Å²) in [5.41, 5.74) is 9.53. The second-order valence-electron chi connectivity index (χ2n) is 9.61. The third kappa shape index (κ3) is 5.47. The fourth-order valence-electron chi connectivity index (χ4n) is 5.08. The Morgan fingerprint density at radius 1 is 1.06 bits per heavy atom. The van der Waals surface area contributed by atoms with E-state index in [1.165, 1.54) is 12.0 Å². The van der Waals surface area contributed by atoms with Crippen LogP contribution in [-0.2, 0) is 21.4 Å². The minimum absolute atomic E-state index is 0.0698. The van der Waals surface area contributed by atoms with Crippen molar-refractivity contribution in [1.29, 1.82) is 0 Å². The number of nitrogens with two attached hydrogens (primary N) is 1. The van der Waals surface area contributed by atoms with Crippen molar-refractivity contribution in [1.82, 2.24) is 14.2 Å². The van der Waals surface area contributed by atoms with Gasteiger partial charge in [-0.15, -0.1) is 0 Å². The van der Waals surface area contributed by atoms with Crippen LogP contribution in [-0.4, -0.2) is 56.1 Å². The van der Waals surface area contributed by atoms with E-state index in [1.807, 2.05) is 41.0 Å². The highest BCUT2D eigenvalue weighted by molar-refractivity contribution is 7.90. The van der Waals surface area contributed by atoms with Gasteiger partial charge in [0.15, 0.2) is 0 Å². The normalized spacial score (nSPS) is 14.6. The van der Waals surface area contributed by atoms with Crippen LogP contribution in [0.2, 0.25) is 0 Å². The van der Waals surface area contributed by atoms with Crippen LogP contribution in [0.1, 0.15) is 53.9 Å². The highest BCUT2D eigenvalue weighted by Crippen LogP contribution is 2.44. The SMILES string of the molecule is CN(C)C(=O)Cn1c(-c2ccccc2)c(C2CCCCC2)c2ccc(C(=O)NS(=O)(=O)CCN)cc21. The molecule has 0 spiro atoms. The standard InChI is InChI=1S/C27H34N4O4S/c1-30(2)24(32)18-31-23-17-21(27(33)29-36(34,35)16-15-28)13-14-22(23)25(19-9-5-3-6-10-19)26(31)20-11-7-4-8-12-20/h4,7-8,11-14,17,19H,3,5-6,9-10,15-16,18,28H2,1-2H3,(H,29,33). The van der Waals surface area contributed by atoms with E-state index < -0.39 is 15.9 Å². The second-order valence-corrected chi connectivity index (χ2v) is 11.5. The smallest absolute Gasteiger partial charge is 0.264 e. The van der Waals surface area contributed by atoms with Crippen molar-refractivity contribution >= 4 is 32.7 Å². The molecule has 9 heteroatoms. The summed E-state index contributed by atoms with van der Waals surface area (Å²) in [4.78, 5) is 27.4. The summed E-state index contributed by atoms with van der Waals surface area (Å²) in [5, 5.41) is 0.994. The molecule has 1 fully saturated rings. The van der Waals surface area contributed by atoms with Gasteiger partial charge in [-0.05, 0) is 42.0 Å². The van der Waals surface area contributed by atoms with Crippen LogP contribution in [0, 0.1) is 0 Å². The molecule has 2 aromatic carbocycles. The van der Waals surface area contributed by atoms with Crippen molar-refractivity contribution in [2.24, 2.45) is 5.73 Å². The summed E-state index contributed by atoms with van der Waals surface area (Å²) in [6.07, 6.45) is 5.67. The first-order valence-electron chi connectivity index (χ1n) is 12.4. The summed E-state index contributed by atoms with van der Waals surface area (Å²) in [5.74, 6) is -0.771. The maximum absolute atomic E-state index is 12.9. The minimum atomic E-state index is -3.83. The Labute approximate surface area is 212 Å². The van der Waals surface area contributed by atoms with Crippen LogP contribution in [0.5, 0.6) is 0 Å². The quantitative estimate of drug-likeness (QED) is 0.482. The summed E-state index contributed by atoms with van der Waals surface area (Å²) >= 11 is 0. The molecule has 192 valence electrons. The number of sulfonamides is 1. The van der Waals surface area contributed by atoms with Gasteiger partial charge in [-0.1, -0.05) is 55.7 Å². The average molecular weight is 511 g/mol. The number of hydrogen-bond donors (Lipinski definition) is 2. The van der Waals surface area contributed by atoms with Crippen LogP contribution in [0.25, 0.3) is 22.2 Å². The van der Waals surface area contributed by atoms with Gasteiger partial charge in [0, 0.05) is 31.6 Å². The molecule has 0 aliphatic heterocycles. The van der Waals surface area contributed by atoms with Crippen molar-refractivity contribution in [2.75, 3.05) is 26.4 Å². The number of hydrogen-bond acceptors (Lipinski definition) is 5. The van der Waals surface area contributed by atoms with E-state index in [9.17, 15) is 18.0 Å². The van der Waals surface area contributed by atoms with Crippen LogP contribution in [0.4, 0.5) is 0 Å². The molecular weight excluding hydrogens is 476 g/mol. The molecule has 0 bridgehead atoms. The molecule has 3 N–H and O–H groups in total. The monoisotopic (exact) mass is 510 g/mol. The molecular formula is C27H34N4O4S. The lowest BCUT2D eigenvalue weighted by Crippen LogP contribution is -2.34. The minimum Gasteiger partial charge on any atom is -0.347 e. The van der Waals surface area contributed by atoms with Gasteiger partial charge in [-0.2, -0.15) is 0 Å². The molecule has 8 nitrogen and oxygen atoms in total. The molecule has 1 aliphatic rings. The fourth-order valence-corrected chi connectivity index (χ4v) is 5.89. The van der Waals surface area contributed by atoms with E-state index in [2.05, 4.69) is 4.72 Å². The van der Waals surface area contributed by atoms with Crippen molar-refractivity contribution in [3.63, 3.8) is 0 Å². The Morgan fingerprint density at radius 2 is 1.75 bits per heavy atom. The van der Waals surface area contributed by atoms with Gasteiger partial charge >= 0.3 is 0 Å². The van der Waals surface area contributed by atoms with Gasteiger partial charge in [-0.25, -0.2) is 13.1 Å². The Morgan fingerprint density at radius 3 is 2.39 bits per heavy atom. The van der Waals surface area contributed by atoms with Crippen LogP contribution >= 0.6 is 0 Å². The summed E-state index contributed by atoms with van der Waals surface area (Å²) in [6.45, 7) is 0.0271. The molecule has 1 heterocycles. The first-order chi connectivity index (χ1) is 17.2. The summed E-state index contributed by atoms with van der Waals surface area (Å²) in [7, 11) is -0.385. The number of fused-ring (bicyclic) bond motifs is 1. The van der Waals surface area contributed by atoms with E-state index >= 15 is 0 Å². The molecule has 1 saturated carbocycles. The lowest BCUT2D eigenvalue weighted by atomic mass is 9.82. The highest BCUT2D eigenvalue weighted by atomic mass is 32.2. The number of nitrogens with one attached hydrogen (secondary N) is 1. The Bertz CT molecular complexity index is 1360. The highest BCUT2D eigenvalue weighted by Gasteiger charge is 2.28. The van der Waals surface area contributed by atoms with Gasteiger partial charge in [0.1, 0.15) is 6.54 Å². The van der Waals surface area contributed by atoms with Crippen LogP contribution in [0.15, 0.2) is 48.5 Å².